The normalized spacial score (nSPS) is 10.5. The molecule has 62 valence electrons. The summed E-state index contributed by atoms with van der Waals surface area (Å²) < 4.78 is 0. The van der Waals surface area contributed by atoms with E-state index in [4.69, 9.17) is 0 Å². The Hall–Kier alpha value is -0.850. The van der Waals surface area contributed by atoms with Gasteiger partial charge in [-0.2, -0.15) is 0 Å². The number of hydrogen-bond acceptors (Lipinski definition) is 1. The molecule has 0 fully saturated rings. The first-order chi connectivity index (χ1) is 4.61. The van der Waals surface area contributed by atoms with E-state index in [1.54, 1.807) is 0 Å². The summed E-state index contributed by atoms with van der Waals surface area (Å²) in [4.78, 5) is 4.25. The lowest BCUT2D eigenvalue weighted by atomic mass is 9.92. The molecular weight excluding hydrogens is 134 g/mol. The van der Waals surface area contributed by atoms with Gasteiger partial charge in [-0.3, -0.25) is 4.98 Å². The molecule has 0 aliphatic carbocycles. The zero-order valence-corrected chi connectivity index (χ0v) is 6.76. The first kappa shape index (κ1) is 10.2. The lowest BCUT2D eigenvalue weighted by molar-refractivity contribution is 0.569. The third-order valence-electron chi connectivity index (χ3n) is 1.43. The van der Waals surface area contributed by atoms with Crippen LogP contribution in [-0.2, 0) is 5.41 Å². The Kier molecular flexibility index (Phi) is 3.24. The van der Waals surface area contributed by atoms with Crippen molar-refractivity contribution < 1.29 is 0 Å². The van der Waals surface area contributed by atoms with Gasteiger partial charge in [0.15, 0.2) is 0 Å². The number of pyridine rings is 1. The van der Waals surface area contributed by atoms with Crippen LogP contribution >= 0.6 is 0 Å². The minimum atomic E-state index is 0. The fourth-order valence-electron chi connectivity index (χ4n) is 0.806. The van der Waals surface area contributed by atoms with Crippen molar-refractivity contribution in [2.24, 2.45) is 0 Å². The monoisotopic (exact) mass is 151 g/mol. The Bertz CT molecular complexity index is 196. The highest BCUT2D eigenvalue weighted by atomic mass is 14.7. The third-order valence-corrected chi connectivity index (χ3v) is 1.43. The minimum absolute atomic E-state index is 0. The SMILES string of the molecule is C.CC(C)(C)c1ccccn1. The average molecular weight is 151 g/mol. The van der Waals surface area contributed by atoms with Crippen molar-refractivity contribution in [2.45, 2.75) is 33.6 Å². The van der Waals surface area contributed by atoms with Crippen LogP contribution in [0.3, 0.4) is 0 Å². The van der Waals surface area contributed by atoms with E-state index in [0.29, 0.717) is 0 Å². The summed E-state index contributed by atoms with van der Waals surface area (Å²) in [5.41, 5.74) is 1.33. The van der Waals surface area contributed by atoms with E-state index in [9.17, 15) is 0 Å². The molecule has 0 spiro atoms. The molecule has 0 atom stereocenters. The summed E-state index contributed by atoms with van der Waals surface area (Å²) in [6.07, 6.45) is 1.83. The maximum Gasteiger partial charge on any atom is 0.0457 e. The molecule has 0 N–H and O–H groups in total. The first-order valence-electron chi connectivity index (χ1n) is 3.52. The molecule has 0 aliphatic rings. The van der Waals surface area contributed by atoms with E-state index in [1.807, 2.05) is 18.3 Å². The summed E-state index contributed by atoms with van der Waals surface area (Å²) in [6.45, 7) is 6.49. The van der Waals surface area contributed by atoms with E-state index in [2.05, 4.69) is 31.8 Å². The molecule has 1 aromatic heterocycles. The van der Waals surface area contributed by atoms with Gasteiger partial charge in [0.2, 0.25) is 0 Å². The molecule has 1 heterocycles. The Morgan fingerprint density at radius 2 is 1.82 bits per heavy atom. The standard InChI is InChI=1S/C9H13N.CH4/c1-9(2,3)8-6-4-5-7-10-8;/h4-7H,1-3H3;1H4. The third kappa shape index (κ3) is 2.71. The van der Waals surface area contributed by atoms with Gasteiger partial charge in [-0.05, 0) is 12.1 Å². The van der Waals surface area contributed by atoms with Crippen LogP contribution in [0, 0.1) is 0 Å². The molecule has 0 aromatic carbocycles. The van der Waals surface area contributed by atoms with Crippen LogP contribution in [0.25, 0.3) is 0 Å². The van der Waals surface area contributed by atoms with Crippen LogP contribution < -0.4 is 0 Å². The fourth-order valence-corrected chi connectivity index (χ4v) is 0.806. The molecule has 0 radical (unpaired) electrons. The molecule has 0 aliphatic heterocycles. The minimum Gasteiger partial charge on any atom is -0.261 e. The zero-order chi connectivity index (χ0) is 7.61. The predicted molar refractivity (Wildman–Crippen MR) is 49.7 cm³/mol. The molecular formula is C10H17N. The number of nitrogens with zero attached hydrogens (tertiary/aromatic N) is 1. The first-order valence-corrected chi connectivity index (χ1v) is 3.52. The second kappa shape index (κ2) is 3.51. The van der Waals surface area contributed by atoms with Crippen molar-refractivity contribution in [3.05, 3.63) is 30.1 Å². The fraction of sp³-hybridized carbons (Fsp3) is 0.500. The van der Waals surface area contributed by atoms with Crippen molar-refractivity contribution in [1.29, 1.82) is 0 Å². The highest BCUT2D eigenvalue weighted by molar-refractivity contribution is 5.12. The summed E-state index contributed by atoms with van der Waals surface area (Å²) >= 11 is 0. The van der Waals surface area contributed by atoms with Gasteiger partial charge < -0.3 is 0 Å². The van der Waals surface area contributed by atoms with E-state index >= 15 is 0 Å². The zero-order valence-electron chi connectivity index (χ0n) is 6.76. The molecule has 0 amide bonds. The molecule has 1 nitrogen and oxygen atoms in total. The van der Waals surface area contributed by atoms with Crippen molar-refractivity contribution in [1.82, 2.24) is 4.98 Å². The number of hydrogen-bond donors (Lipinski definition) is 0. The Morgan fingerprint density at radius 3 is 2.09 bits per heavy atom. The molecule has 1 rings (SSSR count). The lowest BCUT2D eigenvalue weighted by Gasteiger charge is -2.16. The quantitative estimate of drug-likeness (QED) is 0.555. The number of rotatable bonds is 0. The summed E-state index contributed by atoms with van der Waals surface area (Å²) in [7, 11) is 0. The second-order valence-electron chi connectivity index (χ2n) is 3.46. The van der Waals surface area contributed by atoms with E-state index in [-0.39, 0.29) is 12.8 Å². The van der Waals surface area contributed by atoms with Gasteiger partial charge in [0, 0.05) is 17.3 Å². The van der Waals surface area contributed by atoms with Crippen molar-refractivity contribution >= 4 is 0 Å². The average Bonchev–Trinajstić information content (AvgIpc) is 1.88. The largest absolute Gasteiger partial charge is 0.261 e. The maximum absolute atomic E-state index is 4.25. The molecule has 0 unspecified atom stereocenters. The number of aromatic nitrogens is 1. The van der Waals surface area contributed by atoms with Crippen LogP contribution in [0.2, 0.25) is 0 Å². The van der Waals surface area contributed by atoms with Gasteiger partial charge >= 0.3 is 0 Å². The smallest absolute Gasteiger partial charge is 0.0457 e. The topological polar surface area (TPSA) is 12.9 Å². The Morgan fingerprint density at radius 1 is 1.18 bits per heavy atom. The van der Waals surface area contributed by atoms with Crippen LogP contribution in [-0.4, -0.2) is 4.98 Å². The lowest BCUT2D eigenvalue weighted by Crippen LogP contribution is -2.12. The maximum atomic E-state index is 4.25. The van der Waals surface area contributed by atoms with E-state index in [0.717, 1.165) is 5.69 Å². The molecule has 0 saturated carbocycles. The predicted octanol–water partition coefficient (Wildman–Crippen LogP) is 3.02. The van der Waals surface area contributed by atoms with Crippen molar-refractivity contribution in [2.75, 3.05) is 0 Å². The molecule has 0 saturated heterocycles. The Labute approximate surface area is 69.5 Å². The van der Waals surface area contributed by atoms with E-state index < -0.39 is 0 Å². The van der Waals surface area contributed by atoms with Crippen LogP contribution in [0.4, 0.5) is 0 Å². The van der Waals surface area contributed by atoms with Gasteiger partial charge in [0.25, 0.3) is 0 Å². The van der Waals surface area contributed by atoms with Crippen LogP contribution in [0.1, 0.15) is 33.9 Å². The molecule has 1 aromatic rings. The second-order valence-corrected chi connectivity index (χ2v) is 3.46. The van der Waals surface area contributed by atoms with Gasteiger partial charge in [-0.25, -0.2) is 0 Å². The van der Waals surface area contributed by atoms with Crippen LogP contribution in [0.15, 0.2) is 24.4 Å². The summed E-state index contributed by atoms with van der Waals surface area (Å²) in [6, 6.07) is 6.02. The van der Waals surface area contributed by atoms with Gasteiger partial charge in [0.1, 0.15) is 0 Å². The highest BCUT2D eigenvalue weighted by Gasteiger charge is 2.13. The summed E-state index contributed by atoms with van der Waals surface area (Å²) in [5.74, 6) is 0. The van der Waals surface area contributed by atoms with Gasteiger partial charge in [-0.15, -0.1) is 0 Å². The molecule has 0 bridgehead atoms. The molecule has 11 heavy (non-hydrogen) atoms. The highest BCUT2D eigenvalue weighted by Crippen LogP contribution is 2.18. The van der Waals surface area contributed by atoms with Gasteiger partial charge in [0.05, 0.1) is 0 Å². The molecule has 1 heteroatoms. The van der Waals surface area contributed by atoms with E-state index in [1.165, 1.54) is 0 Å². The Balaban J connectivity index is 0.000001000. The van der Waals surface area contributed by atoms with Crippen molar-refractivity contribution in [3.63, 3.8) is 0 Å². The summed E-state index contributed by atoms with van der Waals surface area (Å²) in [5, 5.41) is 0. The van der Waals surface area contributed by atoms with Crippen molar-refractivity contribution in [3.8, 4) is 0 Å². The van der Waals surface area contributed by atoms with Crippen LogP contribution in [0.5, 0.6) is 0 Å². The van der Waals surface area contributed by atoms with Gasteiger partial charge in [-0.1, -0.05) is 34.3 Å².